The van der Waals surface area contributed by atoms with E-state index in [-0.39, 0.29) is 11.9 Å². The minimum atomic E-state index is 0.0318. The van der Waals surface area contributed by atoms with E-state index in [1.54, 1.807) is 0 Å². The molecule has 0 unspecified atom stereocenters. The zero-order valence-electron chi connectivity index (χ0n) is 9.59. The van der Waals surface area contributed by atoms with Gasteiger partial charge in [0, 0.05) is 17.1 Å². The molecule has 0 aliphatic carbocycles. The van der Waals surface area contributed by atoms with E-state index in [1.807, 2.05) is 32.0 Å². The maximum absolute atomic E-state index is 11.3. The van der Waals surface area contributed by atoms with Gasteiger partial charge in [-0.25, -0.2) is 0 Å². The van der Waals surface area contributed by atoms with Crippen LogP contribution in [0.15, 0.2) is 28.7 Å². The van der Waals surface area contributed by atoms with E-state index in [2.05, 4.69) is 32.6 Å². The smallest absolute Gasteiger partial charge is 0.233 e. The second-order valence-electron chi connectivity index (χ2n) is 3.61. The van der Waals surface area contributed by atoms with E-state index in [9.17, 15) is 4.79 Å². The molecule has 4 heteroatoms. The quantitative estimate of drug-likeness (QED) is 0.871. The lowest BCUT2D eigenvalue weighted by molar-refractivity contribution is -0.120. The van der Waals surface area contributed by atoms with Gasteiger partial charge in [0.2, 0.25) is 5.91 Å². The summed E-state index contributed by atoms with van der Waals surface area (Å²) in [6, 6.07) is 8.24. The fraction of sp³-hybridized carbons (Fsp3) is 0.417. The fourth-order valence-electron chi connectivity index (χ4n) is 1.40. The van der Waals surface area contributed by atoms with Gasteiger partial charge >= 0.3 is 0 Å². The van der Waals surface area contributed by atoms with Crippen molar-refractivity contribution in [3.8, 4) is 0 Å². The molecule has 0 spiro atoms. The molecule has 0 radical (unpaired) electrons. The number of hydrogen-bond acceptors (Lipinski definition) is 2. The van der Waals surface area contributed by atoms with E-state index in [0.717, 1.165) is 4.47 Å². The lowest BCUT2D eigenvalue weighted by Gasteiger charge is -2.14. The van der Waals surface area contributed by atoms with Crippen molar-refractivity contribution in [2.45, 2.75) is 19.9 Å². The van der Waals surface area contributed by atoms with Gasteiger partial charge in [-0.15, -0.1) is 0 Å². The third kappa shape index (κ3) is 4.33. The first-order valence-electron chi connectivity index (χ1n) is 5.39. The van der Waals surface area contributed by atoms with Crippen LogP contribution in [-0.2, 0) is 4.79 Å². The summed E-state index contributed by atoms with van der Waals surface area (Å²) >= 11 is 3.43. The Balaban J connectivity index is 2.46. The van der Waals surface area contributed by atoms with Crippen LogP contribution in [-0.4, -0.2) is 19.0 Å². The van der Waals surface area contributed by atoms with Gasteiger partial charge in [-0.05, 0) is 31.5 Å². The predicted octanol–water partition coefficient (Wildman–Crippen LogP) is 2.24. The summed E-state index contributed by atoms with van der Waals surface area (Å²) in [5.74, 6) is 0.0318. The van der Waals surface area contributed by atoms with Crippen molar-refractivity contribution in [2.24, 2.45) is 0 Å². The number of likely N-dealkylation sites (N-methyl/N-ethyl adjacent to an activating group) is 1. The van der Waals surface area contributed by atoms with Crippen LogP contribution in [0.5, 0.6) is 0 Å². The van der Waals surface area contributed by atoms with Gasteiger partial charge in [-0.3, -0.25) is 4.79 Å². The van der Waals surface area contributed by atoms with Crippen LogP contribution in [0.4, 0.5) is 0 Å². The summed E-state index contributed by atoms with van der Waals surface area (Å²) < 4.78 is 1.05. The van der Waals surface area contributed by atoms with Crippen molar-refractivity contribution in [1.82, 2.24) is 10.6 Å². The Morgan fingerprint density at radius 3 is 2.88 bits per heavy atom. The summed E-state index contributed by atoms with van der Waals surface area (Å²) in [5.41, 5.74) is 1.17. The average molecular weight is 285 g/mol. The zero-order chi connectivity index (χ0) is 12.0. The number of carbonyl (C=O) groups is 1. The van der Waals surface area contributed by atoms with Gasteiger partial charge in [0.05, 0.1) is 6.54 Å². The van der Waals surface area contributed by atoms with Crippen LogP contribution in [0.1, 0.15) is 25.5 Å². The van der Waals surface area contributed by atoms with E-state index in [4.69, 9.17) is 0 Å². The predicted molar refractivity (Wildman–Crippen MR) is 69.2 cm³/mol. The Morgan fingerprint density at radius 1 is 1.50 bits per heavy atom. The summed E-state index contributed by atoms with van der Waals surface area (Å²) in [6.07, 6.45) is 0. The van der Waals surface area contributed by atoms with Crippen molar-refractivity contribution < 1.29 is 4.79 Å². The minimum absolute atomic E-state index is 0.0318. The highest BCUT2D eigenvalue weighted by atomic mass is 79.9. The molecule has 2 N–H and O–H groups in total. The molecule has 1 aromatic carbocycles. The van der Waals surface area contributed by atoms with Crippen LogP contribution >= 0.6 is 15.9 Å². The largest absolute Gasteiger partial charge is 0.355 e. The number of amides is 1. The second kappa shape index (κ2) is 6.66. The molecule has 1 rings (SSSR count). The first kappa shape index (κ1) is 13.2. The molecule has 0 aliphatic rings. The molecule has 1 aromatic rings. The molecule has 0 aromatic heterocycles. The van der Waals surface area contributed by atoms with E-state index < -0.39 is 0 Å². The standard InChI is InChI=1S/C12H17BrN2O/c1-3-14-12(16)8-15-9(2)10-5-4-6-11(13)7-10/h4-7,9,15H,3,8H2,1-2H3,(H,14,16)/t9-/m1/s1. The molecule has 0 saturated heterocycles. The molecule has 0 bridgehead atoms. The zero-order valence-corrected chi connectivity index (χ0v) is 11.2. The molecule has 0 fully saturated rings. The molecule has 16 heavy (non-hydrogen) atoms. The summed E-state index contributed by atoms with van der Waals surface area (Å²) in [6.45, 7) is 4.98. The van der Waals surface area contributed by atoms with Crippen molar-refractivity contribution in [3.05, 3.63) is 34.3 Å². The van der Waals surface area contributed by atoms with Crippen LogP contribution < -0.4 is 10.6 Å². The van der Waals surface area contributed by atoms with Crippen molar-refractivity contribution >= 4 is 21.8 Å². The first-order chi connectivity index (χ1) is 7.63. The second-order valence-corrected chi connectivity index (χ2v) is 4.53. The Morgan fingerprint density at radius 2 is 2.25 bits per heavy atom. The maximum atomic E-state index is 11.3. The number of nitrogens with one attached hydrogen (secondary N) is 2. The van der Waals surface area contributed by atoms with Gasteiger partial charge in [0.25, 0.3) is 0 Å². The Bertz CT molecular complexity index is 355. The van der Waals surface area contributed by atoms with Gasteiger partial charge in [-0.2, -0.15) is 0 Å². The maximum Gasteiger partial charge on any atom is 0.233 e. The third-order valence-corrected chi connectivity index (χ3v) is 2.78. The fourth-order valence-corrected chi connectivity index (χ4v) is 1.82. The lowest BCUT2D eigenvalue weighted by Crippen LogP contribution is -2.34. The molecule has 88 valence electrons. The highest BCUT2D eigenvalue weighted by Crippen LogP contribution is 2.17. The molecule has 1 amide bonds. The Labute approximate surface area is 105 Å². The van der Waals surface area contributed by atoms with Crippen LogP contribution in [0.3, 0.4) is 0 Å². The lowest BCUT2D eigenvalue weighted by atomic mass is 10.1. The van der Waals surface area contributed by atoms with Gasteiger partial charge in [0.15, 0.2) is 0 Å². The Kier molecular flexibility index (Phi) is 5.49. The first-order valence-corrected chi connectivity index (χ1v) is 6.18. The monoisotopic (exact) mass is 284 g/mol. The van der Waals surface area contributed by atoms with Crippen LogP contribution in [0, 0.1) is 0 Å². The van der Waals surface area contributed by atoms with E-state index >= 15 is 0 Å². The highest BCUT2D eigenvalue weighted by Gasteiger charge is 2.06. The molecule has 0 aliphatic heterocycles. The summed E-state index contributed by atoms with van der Waals surface area (Å²) in [4.78, 5) is 11.3. The number of carbonyl (C=O) groups excluding carboxylic acids is 1. The highest BCUT2D eigenvalue weighted by molar-refractivity contribution is 9.10. The van der Waals surface area contributed by atoms with E-state index in [0.29, 0.717) is 13.1 Å². The molecular formula is C12H17BrN2O. The molecule has 1 atom stereocenters. The minimum Gasteiger partial charge on any atom is -0.355 e. The van der Waals surface area contributed by atoms with Crippen molar-refractivity contribution in [1.29, 1.82) is 0 Å². The number of rotatable bonds is 5. The van der Waals surface area contributed by atoms with Crippen molar-refractivity contribution in [3.63, 3.8) is 0 Å². The van der Waals surface area contributed by atoms with Crippen LogP contribution in [0.2, 0.25) is 0 Å². The summed E-state index contributed by atoms with van der Waals surface area (Å²) in [5, 5.41) is 5.93. The summed E-state index contributed by atoms with van der Waals surface area (Å²) in [7, 11) is 0. The average Bonchev–Trinajstić information content (AvgIpc) is 2.26. The Hall–Kier alpha value is -0.870. The van der Waals surface area contributed by atoms with E-state index in [1.165, 1.54) is 5.56 Å². The molecule has 0 saturated carbocycles. The van der Waals surface area contributed by atoms with Crippen LogP contribution in [0.25, 0.3) is 0 Å². The molecule has 0 heterocycles. The number of benzene rings is 1. The molecular weight excluding hydrogens is 268 g/mol. The molecule has 3 nitrogen and oxygen atoms in total. The number of hydrogen-bond donors (Lipinski definition) is 2. The van der Waals surface area contributed by atoms with Gasteiger partial charge in [-0.1, -0.05) is 28.1 Å². The SMILES string of the molecule is CCNC(=O)CN[C@H](C)c1cccc(Br)c1. The normalized spacial score (nSPS) is 12.2. The third-order valence-electron chi connectivity index (χ3n) is 2.29. The van der Waals surface area contributed by atoms with Gasteiger partial charge < -0.3 is 10.6 Å². The van der Waals surface area contributed by atoms with Gasteiger partial charge in [0.1, 0.15) is 0 Å². The van der Waals surface area contributed by atoms with Crippen molar-refractivity contribution in [2.75, 3.05) is 13.1 Å². The topological polar surface area (TPSA) is 41.1 Å². The number of halogens is 1.